The molecule has 0 spiro atoms. The van der Waals surface area contributed by atoms with Crippen LogP contribution in [0.2, 0.25) is 0 Å². The lowest BCUT2D eigenvalue weighted by Gasteiger charge is -2.19. The zero-order valence-electron chi connectivity index (χ0n) is 20.3. The average Bonchev–Trinajstić information content (AvgIpc) is 3.53. The minimum Gasteiger partial charge on any atom is -0.372 e. The van der Waals surface area contributed by atoms with Gasteiger partial charge < -0.3 is 25.9 Å². The molecule has 0 saturated carbocycles. The molecule has 2 aromatic heterocycles. The molecule has 0 bridgehead atoms. The number of aromatic nitrogens is 4. The van der Waals surface area contributed by atoms with Gasteiger partial charge >= 0.3 is 0 Å². The molecule has 3 aromatic rings. The Bertz CT molecular complexity index is 1110. The topological polar surface area (TPSA) is 140 Å². The SMILES string of the molecule is CCCNC(=O)[C@@H](Cc1cnc[nH]1)N=c1cccccc1N[C@H](Cc1cnc[nH]1)C(=O)NCCC. The van der Waals surface area contributed by atoms with E-state index >= 15 is 0 Å². The van der Waals surface area contributed by atoms with E-state index in [4.69, 9.17) is 4.99 Å². The standard InChI is InChI=1S/C25H34N8O2/c1-3-10-28-24(34)22(12-18-14-26-16-30-18)32-20-8-6-5-7-9-21(20)33-23(25(35)29-11-4-2)13-19-15-27-17-31-19/h5-9,14-17,22-23H,3-4,10-13H2,1-2H3,(H,26,30)(H,27,31)(H,28,34)(H,29,35)(H,32,33)/t22-,23-/m1/s1. The molecule has 0 aliphatic heterocycles. The maximum absolute atomic E-state index is 13.0. The van der Waals surface area contributed by atoms with Gasteiger partial charge in [0.15, 0.2) is 0 Å². The Morgan fingerprint density at radius 2 is 1.51 bits per heavy atom. The van der Waals surface area contributed by atoms with Gasteiger partial charge in [0.05, 0.1) is 23.7 Å². The summed E-state index contributed by atoms with van der Waals surface area (Å²) in [5, 5.41) is 9.85. The first-order valence-corrected chi connectivity index (χ1v) is 12.0. The second kappa shape index (κ2) is 13.7. The lowest BCUT2D eigenvalue weighted by atomic mass is 10.1. The van der Waals surface area contributed by atoms with Crippen molar-refractivity contribution < 1.29 is 9.59 Å². The highest BCUT2D eigenvalue weighted by molar-refractivity contribution is 5.85. The largest absolute Gasteiger partial charge is 0.372 e. The van der Waals surface area contributed by atoms with E-state index in [1.807, 2.05) is 44.2 Å². The fraction of sp³-hybridized carbons (Fsp3) is 0.400. The normalized spacial score (nSPS) is 13.1. The summed E-state index contributed by atoms with van der Waals surface area (Å²) in [6, 6.07) is 8.10. The van der Waals surface area contributed by atoms with Gasteiger partial charge in [-0.3, -0.25) is 14.6 Å². The van der Waals surface area contributed by atoms with Crippen LogP contribution in [-0.4, -0.2) is 56.9 Å². The predicted octanol–water partition coefficient (Wildman–Crippen LogP) is 1.72. The van der Waals surface area contributed by atoms with Crippen molar-refractivity contribution in [2.24, 2.45) is 4.99 Å². The third-order valence-corrected chi connectivity index (χ3v) is 5.30. The molecule has 10 heteroatoms. The fourth-order valence-electron chi connectivity index (χ4n) is 3.49. The fourth-order valence-corrected chi connectivity index (χ4v) is 3.49. The summed E-state index contributed by atoms with van der Waals surface area (Å²) in [5.74, 6) is -0.276. The van der Waals surface area contributed by atoms with Crippen LogP contribution in [-0.2, 0) is 22.4 Å². The molecule has 0 unspecified atom stereocenters. The highest BCUT2D eigenvalue weighted by Gasteiger charge is 2.21. The molecule has 3 rings (SSSR count). The molecule has 2 heterocycles. The number of H-pyrrole nitrogens is 2. The van der Waals surface area contributed by atoms with E-state index in [-0.39, 0.29) is 11.8 Å². The highest BCUT2D eigenvalue weighted by atomic mass is 16.2. The number of nitrogens with one attached hydrogen (secondary N) is 5. The number of rotatable bonds is 13. The number of carbonyl (C=O) groups excluding carboxylic acids is 2. The molecule has 186 valence electrons. The van der Waals surface area contributed by atoms with E-state index in [0.717, 1.165) is 24.2 Å². The smallest absolute Gasteiger partial charge is 0.245 e. The molecule has 0 fully saturated rings. The summed E-state index contributed by atoms with van der Waals surface area (Å²) in [5.41, 5.74) is 2.31. The van der Waals surface area contributed by atoms with E-state index < -0.39 is 12.1 Å². The zero-order valence-corrected chi connectivity index (χ0v) is 20.3. The number of nitrogens with zero attached hydrogens (tertiary/aromatic N) is 3. The van der Waals surface area contributed by atoms with Gasteiger partial charge in [-0.1, -0.05) is 32.0 Å². The molecule has 5 N–H and O–H groups in total. The van der Waals surface area contributed by atoms with Gasteiger partial charge in [0.1, 0.15) is 12.1 Å². The van der Waals surface area contributed by atoms with Gasteiger partial charge in [-0.2, -0.15) is 0 Å². The molecular weight excluding hydrogens is 444 g/mol. The van der Waals surface area contributed by atoms with Crippen molar-refractivity contribution in [3.05, 3.63) is 72.1 Å². The van der Waals surface area contributed by atoms with Crippen molar-refractivity contribution in [2.45, 2.75) is 51.6 Å². The van der Waals surface area contributed by atoms with Crippen molar-refractivity contribution in [1.29, 1.82) is 0 Å². The lowest BCUT2D eigenvalue weighted by molar-refractivity contribution is -0.122. The van der Waals surface area contributed by atoms with E-state index in [1.54, 1.807) is 25.0 Å². The quantitative estimate of drug-likeness (QED) is 0.254. The molecule has 0 saturated heterocycles. The van der Waals surface area contributed by atoms with Crippen LogP contribution in [0.5, 0.6) is 0 Å². The van der Waals surface area contributed by atoms with Crippen molar-refractivity contribution in [1.82, 2.24) is 30.6 Å². The van der Waals surface area contributed by atoms with Crippen LogP contribution in [0.4, 0.5) is 5.69 Å². The summed E-state index contributed by atoms with van der Waals surface area (Å²) in [7, 11) is 0. The molecule has 0 aliphatic rings. The van der Waals surface area contributed by atoms with Crippen LogP contribution in [0.1, 0.15) is 38.1 Å². The van der Waals surface area contributed by atoms with Crippen LogP contribution in [0.3, 0.4) is 0 Å². The number of aromatic amines is 2. The van der Waals surface area contributed by atoms with Crippen molar-refractivity contribution >= 4 is 17.5 Å². The summed E-state index contributed by atoms with van der Waals surface area (Å²) in [6.45, 7) is 5.17. The molecule has 2 atom stereocenters. The molecule has 10 nitrogen and oxygen atoms in total. The van der Waals surface area contributed by atoms with E-state index in [2.05, 4.69) is 35.9 Å². The Morgan fingerprint density at radius 1 is 0.886 bits per heavy atom. The maximum Gasteiger partial charge on any atom is 0.245 e. The second-order valence-corrected chi connectivity index (χ2v) is 8.20. The minimum atomic E-state index is -0.662. The van der Waals surface area contributed by atoms with Crippen LogP contribution < -0.4 is 21.3 Å². The number of hydrogen-bond acceptors (Lipinski definition) is 6. The molecule has 35 heavy (non-hydrogen) atoms. The Balaban J connectivity index is 1.95. The van der Waals surface area contributed by atoms with E-state index in [9.17, 15) is 9.59 Å². The zero-order chi connectivity index (χ0) is 24.9. The van der Waals surface area contributed by atoms with Crippen LogP contribution in [0.25, 0.3) is 0 Å². The maximum atomic E-state index is 13.0. The van der Waals surface area contributed by atoms with Crippen LogP contribution >= 0.6 is 0 Å². The first-order chi connectivity index (χ1) is 17.1. The minimum absolute atomic E-state index is 0.117. The summed E-state index contributed by atoms with van der Waals surface area (Å²) < 4.78 is 0. The van der Waals surface area contributed by atoms with Crippen molar-refractivity contribution in [2.75, 3.05) is 18.4 Å². The van der Waals surface area contributed by atoms with Crippen LogP contribution in [0.15, 0.2) is 60.4 Å². The summed E-state index contributed by atoms with van der Waals surface area (Å²) in [4.78, 5) is 45.0. The van der Waals surface area contributed by atoms with Gasteiger partial charge in [0, 0.05) is 49.7 Å². The van der Waals surface area contributed by atoms with Crippen LogP contribution in [0, 0.1) is 0 Å². The molecule has 0 aliphatic carbocycles. The molecule has 2 amide bonds. The van der Waals surface area contributed by atoms with Gasteiger partial charge in [0.25, 0.3) is 0 Å². The van der Waals surface area contributed by atoms with Gasteiger partial charge in [-0.15, -0.1) is 0 Å². The highest BCUT2D eigenvalue weighted by Crippen LogP contribution is 2.09. The number of hydrogen-bond donors (Lipinski definition) is 5. The van der Waals surface area contributed by atoms with E-state index in [1.165, 1.54) is 0 Å². The number of imidazole rings is 2. The number of carbonyl (C=O) groups is 2. The molecule has 0 radical (unpaired) electrons. The predicted molar refractivity (Wildman–Crippen MR) is 134 cm³/mol. The monoisotopic (exact) mass is 478 g/mol. The Hall–Kier alpha value is -3.95. The van der Waals surface area contributed by atoms with Crippen molar-refractivity contribution in [3.63, 3.8) is 0 Å². The lowest BCUT2D eigenvalue weighted by Crippen LogP contribution is -2.42. The molecular formula is C25H34N8O2. The number of amides is 2. The summed E-state index contributed by atoms with van der Waals surface area (Å²) in [6.07, 6.45) is 9.04. The summed E-state index contributed by atoms with van der Waals surface area (Å²) >= 11 is 0. The van der Waals surface area contributed by atoms with Gasteiger partial charge in [-0.25, -0.2) is 9.97 Å². The first-order valence-electron chi connectivity index (χ1n) is 12.0. The van der Waals surface area contributed by atoms with Gasteiger partial charge in [0.2, 0.25) is 11.8 Å². The van der Waals surface area contributed by atoms with Crippen molar-refractivity contribution in [3.8, 4) is 0 Å². The Labute approximate surface area is 205 Å². The Kier molecular flexibility index (Phi) is 10.0. The third kappa shape index (κ3) is 8.09. The van der Waals surface area contributed by atoms with Gasteiger partial charge in [-0.05, 0) is 25.0 Å². The first kappa shape index (κ1) is 25.7. The average molecular weight is 479 g/mol. The third-order valence-electron chi connectivity index (χ3n) is 5.30. The number of anilines is 1. The molecule has 1 aromatic carbocycles. The Morgan fingerprint density at radius 3 is 2.14 bits per heavy atom. The second-order valence-electron chi connectivity index (χ2n) is 8.20. The van der Waals surface area contributed by atoms with E-state index in [0.29, 0.717) is 37.0 Å².